The first kappa shape index (κ1) is 11.7. The maximum Gasteiger partial charge on any atom is 0.240 e. The van der Waals surface area contributed by atoms with Crippen LogP contribution in [-0.2, 0) is 11.3 Å². The molecule has 1 aromatic carbocycles. The van der Waals surface area contributed by atoms with Crippen LogP contribution >= 0.6 is 11.6 Å². The maximum atomic E-state index is 11.6. The maximum absolute atomic E-state index is 11.6. The molecule has 0 spiro atoms. The summed E-state index contributed by atoms with van der Waals surface area (Å²) in [6, 6.07) is 7.60. The van der Waals surface area contributed by atoms with Crippen LogP contribution in [0.3, 0.4) is 0 Å². The van der Waals surface area contributed by atoms with Gasteiger partial charge >= 0.3 is 0 Å². The van der Waals surface area contributed by atoms with Crippen LogP contribution in [0.1, 0.15) is 0 Å². The Balaban J connectivity index is 2.21. The fraction of sp³-hybridized carbons (Fsp3) is 0.154. The lowest BCUT2D eigenvalue weighted by molar-refractivity contribution is -0.121. The Bertz CT molecular complexity index is 560. The van der Waals surface area contributed by atoms with Gasteiger partial charge in [-0.05, 0) is 23.6 Å². The molecule has 4 heteroatoms. The van der Waals surface area contributed by atoms with Gasteiger partial charge in [-0.1, -0.05) is 23.7 Å². The topological polar surface area (TPSA) is 34.0 Å². The summed E-state index contributed by atoms with van der Waals surface area (Å²) in [4.78, 5) is 11.6. The van der Waals surface area contributed by atoms with Crippen LogP contribution in [0.2, 0.25) is 5.02 Å². The largest absolute Gasteiger partial charge is 0.351 e. The molecule has 0 fully saturated rings. The molecule has 1 N–H and O–H groups in total. The number of carbonyl (C=O) groups is 1. The summed E-state index contributed by atoms with van der Waals surface area (Å²) >= 11 is 5.94. The minimum absolute atomic E-state index is 0.0395. The van der Waals surface area contributed by atoms with Crippen molar-refractivity contribution in [3.63, 3.8) is 0 Å². The number of halogens is 1. The first-order chi connectivity index (χ1) is 8.20. The van der Waals surface area contributed by atoms with E-state index in [1.54, 1.807) is 6.08 Å². The van der Waals surface area contributed by atoms with Crippen molar-refractivity contribution in [2.75, 3.05) is 6.54 Å². The van der Waals surface area contributed by atoms with Gasteiger partial charge in [0.05, 0.1) is 0 Å². The minimum atomic E-state index is -0.0395. The highest BCUT2D eigenvalue weighted by atomic mass is 35.5. The fourth-order valence-electron chi connectivity index (χ4n) is 1.69. The van der Waals surface area contributed by atoms with Gasteiger partial charge in [0.15, 0.2) is 0 Å². The Hall–Kier alpha value is -1.74. The predicted octanol–water partition coefficient (Wildman–Crippen LogP) is 2.60. The number of rotatable bonds is 4. The first-order valence-electron chi connectivity index (χ1n) is 5.32. The van der Waals surface area contributed by atoms with E-state index in [9.17, 15) is 4.79 Å². The molecule has 0 saturated carbocycles. The van der Waals surface area contributed by atoms with Gasteiger partial charge in [0.2, 0.25) is 5.91 Å². The Morgan fingerprint density at radius 2 is 2.29 bits per heavy atom. The van der Waals surface area contributed by atoms with Crippen molar-refractivity contribution in [2.24, 2.45) is 0 Å². The van der Waals surface area contributed by atoms with Gasteiger partial charge in [0, 0.05) is 23.3 Å². The molecule has 1 heterocycles. The van der Waals surface area contributed by atoms with Crippen LogP contribution in [0, 0.1) is 0 Å². The van der Waals surface area contributed by atoms with Crippen molar-refractivity contribution in [1.29, 1.82) is 0 Å². The Morgan fingerprint density at radius 1 is 1.47 bits per heavy atom. The molecule has 1 aromatic heterocycles. The molecule has 2 aromatic rings. The zero-order chi connectivity index (χ0) is 12.3. The quantitative estimate of drug-likeness (QED) is 0.830. The summed E-state index contributed by atoms with van der Waals surface area (Å²) in [6.07, 6.45) is 3.54. The third kappa shape index (κ3) is 2.68. The number of fused-ring (bicyclic) bond motifs is 1. The zero-order valence-corrected chi connectivity index (χ0v) is 10.1. The second-order valence-corrected chi connectivity index (χ2v) is 4.18. The monoisotopic (exact) mass is 248 g/mol. The van der Waals surface area contributed by atoms with E-state index in [1.807, 2.05) is 35.0 Å². The van der Waals surface area contributed by atoms with Crippen LogP contribution in [-0.4, -0.2) is 17.0 Å². The van der Waals surface area contributed by atoms with Crippen molar-refractivity contribution in [3.8, 4) is 0 Å². The van der Waals surface area contributed by atoms with Crippen LogP contribution in [0.25, 0.3) is 10.9 Å². The summed E-state index contributed by atoms with van der Waals surface area (Å²) in [5.41, 5.74) is 0.964. The van der Waals surface area contributed by atoms with E-state index in [0.717, 1.165) is 10.9 Å². The van der Waals surface area contributed by atoms with Crippen LogP contribution < -0.4 is 5.32 Å². The van der Waals surface area contributed by atoms with E-state index in [4.69, 9.17) is 11.6 Å². The molecule has 0 bridgehead atoms. The van der Waals surface area contributed by atoms with Gasteiger partial charge in [-0.15, -0.1) is 6.58 Å². The molecular formula is C13H13ClN2O. The molecule has 1 amide bonds. The Labute approximate surface area is 105 Å². The smallest absolute Gasteiger partial charge is 0.240 e. The van der Waals surface area contributed by atoms with Gasteiger partial charge in [-0.3, -0.25) is 4.79 Å². The van der Waals surface area contributed by atoms with Crippen molar-refractivity contribution in [3.05, 3.63) is 48.1 Å². The average Bonchev–Trinajstić information content (AvgIpc) is 2.69. The van der Waals surface area contributed by atoms with Gasteiger partial charge in [0.1, 0.15) is 6.54 Å². The van der Waals surface area contributed by atoms with Gasteiger partial charge < -0.3 is 9.88 Å². The second-order valence-electron chi connectivity index (χ2n) is 3.74. The molecule has 0 unspecified atom stereocenters. The Kier molecular flexibility index (Phi) is 3.49. The predicted molar refractivity (Wildman–Crippen MR) is 70.2 cm³/mol. The first-order valence-corrected chi connectivity index (χ1v) is 5.70. The third-order valence-corrected chi connectivity index (χ3v) is 2.73. The highest BCUT2D eigenvalue weighted by Crippen LogP contribution is 2.20. The van der Waals surface area contributed by atoms with E-state index in [2.05, 4.69) is 11.9 Å². The fourth-order valence-corrected chi connectivity index (χ4v) is 1.86. The molecule has 0 radical (unpaired) electrons. The van der Waals surface area contributed by atoms with E-state index in [0.29, 0.717) is 11.6 Å². The van der Waals surface area contributed by atoms with Gasteiger partial charge in [-0.25, -0.2) is 0 Å². The number of aromatic nitrogens is 1. The lowest BCUT2D eigenvalue weighted by Crippen LogP contribution is -2.27. The van der Waals surface area contributed by atoms with Gasteiger partial charge in [0.25, 0.3) is 0 Å². The third-order valence-electron chi connectivity index (χ3n) is 2.49. The van der Waals surface area contributed by atoms with E-state index in [1.165, 1.54) is 0 Å². The molecule has 2 rings (SSSR count). The normalized spacial score (nSPS) is 10.4. The molecule has 0 aliphatic rings. The second kappa shape index (κ2) is 5.06. The van der Waals surface area contributed by atoms with E-state index >= 15 is 0 Å². The summed E-state index contributed by atoms with van der Waals surface area (Å²) in [5.74, 6) is -0.0395. The summed E-state index contributed by atoms with van der Waals surface area (Å²) in [7, 11) is 0. The van der Waals surface area contributed by atoms with Gasteiger partial charge in [-0.2, -0.15) is 0 Å². The summed E-state index contributed by atoms with van der Waals surface area (Å²) in [6.45, 7) is 4.33. The molecule has 88 valence electrons. The van der Waals surface area contributed by atoms with Crippen LogP contribution in [0.4, 0.5) is 0 Å². The number of carbonyl (C=O) groups excluding carboxylic acids is 1. The summed E-state index contributed by atoms with van der Waals surface area (Å²) < 4.78 is 1.87. The highest BCUT2D eigenvalue weighted by molar-refractivity contribution is 6.31. The number of amides is 1. The van der Waals surface area contributed by atoms with Crippen molar-refractivity contribution in [1.82, 2.24) is 9.88 Å². The Morgan fingerprint density at radius 3 is 3.06 bits per heavy atom. The van der Waals surface area contributed by atoms with Crippen molar-refractivity contribution < 1.29 is 4.79 Å². The van der Waals surface area contributed by atoms with Crippen LogP contribution in [0.15, 0.2) is 43.1 Å². The molecule has 0 aliphatic heterocycles. The number of nitrogens with one attached hydrogen (secondary N) is 1. The number of hydrogen-bond donors (Lipinski definition) is 1. The minimum Gasteiger partial charge on any atom is -0.351 e. The highest BCUT2D eigenvalue weighted by Gasteiger charge is 2.05. The number of hydrogen-bond acceptors (Lipinski definition) is 1. The molecule has 3 nitrogen and oxygen atoms in total. The lowest BCUT2D eigenvalue weighted by atomic mass is 10.2. The van der Waals surface area contributed by atoms with Crippen LogP contribution in [0.5, 0.6) is 0 Å². The standard InChI is InChI=1S/C13H13ClN2O/c1-2-6-15-13(17)9-16-7-5-10-3-4-11(14)8-12(10)16/h2-5,7-8H,1,6,9H2,(H,15,17). The molecule has 0 aliphatic carbocycles. The van der Waals surface area contributed by atoms with E-state index < -0.39 is 0 Å². The zero-order valence-electron chi connectivity index (χ0n) is 9.32. The summed E-state index contributed by atoms with van der Waals surface area (Å²) in [5, 5.41) is 4.48. The number of benzene rings is 1. The van der Waals surface area contributed by atoms with Crippen molar-refractivity contribution >= 4 is 28.4 Å². The molecule has 0 saturated heterocycles. The molecule has 0 atom stereocenters. The molecular weight excluding hydrogens is 236 g/mol. The SMILES string of the molecule is C=CCNC(=O)Cn1ccc2ccc(Cl)cc21. The number of nitrogens with zero attached hydrogens (tertiary/aromatic N) is 1. The molecule has 17 heavy (non-hydrogen) atoms. The lowest BCUT2D eigenvalue weighted by Gasteiger charge is -2.05. The average molecular weight is 249 g/mol. The van der Waals surface area contributed by atoms with E-state index in [-0.39, 0.29) is 12.5 Å². The van der Waals surface area contributed by atoms with Crippen molar-refractivity contribution in [2.45, 2.75) is 6.54 Å².